The monoisotopic (exact) mass is 455 g/mol. The lowest BCUT2D eigenvalue weighted by atomic mass is 9.96. The fourth-order valence-corrected chi connectivity index (χ4v) is 4.26. The molecule has 0 unspecified atom stereocenters. The van der Waals surface area contributed by atoms with E-state index in [9.17, 15) is 4.79 Å². The number of hydrogen-bond acceptors (Lipinski definition) is 4. The molecular formula is C30H33NO3. The minimum absolute atomic E-state index is 0.0254. The van der Waals surface area contributed by atoms with E-state index in [2.05, 4.69) is 25.7 Å². The van der Waals surface area contributed by atoms with Crippen LogP contribution in [0, 0.1) is 0 Å². The highest BCUT2D eigenvalue weighted by atomic mass is 16.5. The van der Waals surface area contributed by atoms with Crippen LogP contribution in [-0.4, -0.2) is 36.9 Å². The van der Waals surface area contributed by atoms with E-state index in [-0.39, 0.29) is 5.78 Å². The van der Waals surface area contributed by atoms with Crippen LogP contribution in [0.4, 0.5) is 0 Å². The maximum atomic E-state index is 13.6. The van der Waals surface area contributed by atoms with Gasteiger partial charge in [-0.15, -0.1) is 0 Å². The first kappa shape index (κ1) is 23.8. The molecule has 4 nitrogen and oxygen atoms in total. The van der Waals surface area contributed by atoms with Gasteiger partial charge in [-0.2, -0.15) is 0 Å². The Morgan fingerprint density at radius 2 is 1.59 bits per heavy atom. The van der Waals surface area contributed by atoms with Gasteiger partial charge in [0.05, 0.1) is 5.56 Å². The molecule has 1 heterocycles. The summed E-state index contributed by atoms with van der Waals surface area (Å²) < 4.78 is 12.1. The van der Waals surface area contributed by atoms with Crippen molar-refractivity contribution in [3.63, 3.8) is 0 Å². The molecule has 34 heavy (non-hydrogen) atoms. The summed E-state index contributed by atoms with van der Waals surface area (Å²) in [6, 6.07) is 23.5. The van der Waals surface area contributed by atoms with Crippen LogP contribution in [0.2, 0.25) is 0 Å². The van der Waals surface area contributed by atoms with Gasteiger partial charge in [-0.05, 0) is 55.4 Å². The third-order valence-electron chi connectivity index (χ3n) is 6.26. The summed E-state index contributed by atoms with van der Waals surface area (Å²) in [5.41, 5.74) is 4.09. The van der Waals surface area contributed by atoms with Gasteiger partial charge >= 0.3 is 0 Å². The van der Waals surface area contributed by atoms with Crippen LogP contribution in [0.3, 0.4) is 0 Å². The van der Waals surface area contributed by atoms with E-state index in [1.54, 1.807) is 0 Å². The number of carbonyl (C=O) groups excluding carboxylic acids is 1. The number of rotatable bonds is 11. The maximum absolute atomic E-state index is 13.6. The maximum Gasteiger partial charge on any atom is 0.197 e. The van der Waals surface area contributed by atoms with Gasteiger partial charge in [-0.1, -0.05) is 69.7 Å². The van der Waals surface area contributed by atoms with E-state index < -0.39 is 0 Å². The van der Waals surface area contributed by atoms with E-state index >= 15 is 0 Å². The Bertz CT molecular complexity index is 1220. The standard InChI is InChI=1S/C30H33NO3/c1-4-9-22-12-14-23(15-13-22)29(32)28-26-10-7-8-11-27(26)34-30(28)24-16-18-25(19-17-24)33-21-20-31(5-2)6-3/h7-8,10-19H,4-6,9,20-21H2,1-3H3. The Balaban J connectivity index is 1.62. The van der Waals surface area contributed by atoms with Gasteiger partial charge in [0.25, 0.3) is 0 Å². The third kappa shape index (κ3) is 5.23. The number of ketones is 1. The second kappa shape index (κ2) is 11.2. The molecule has 0 aliphatic carbocycles. The van der Waals surface area contributed by atoms with Gasteiger partial charge in [0.15, 0.2) is 5.78 Å². The molecule has 0 atom stereocenters. The van der Waals surface area contributed by atoms with Crippen molar-refractivity contribution in [1.29, 1.82) is 0 Å². The zero-order valence-electron chi connectivity index (χ0n) is 20.3. The Labute approximate surface area is 202 Å². The average Bonchev–Trinajstić information content (AvgIpc) is 3.27. The zero-order chi connectivity index (χ0) is 23.9. The van der Waals surface area contributed by atoms with Crippen molar-refractivity contribution in [2.75, 3.05) is 26.2 Å². The molecule has 0 bridgehead atoms. The Hall–Kier alpha value is -3.37. The Morgan fingerprint density at radius 1 is 0.882 bits per heavy atom. The van der Waals surface area contributed by atoms with Gasteiger partial charge < -0.3 is 14.1 Å². The molecule has 1 aromatic heterocycles. The number of ether oxygens (including phenoxy) is 1. The van der Waals surface area contributed by atoms with Crippen LogP contribution in [0.5, 0.6) is 5.75 Å². The van der Waals surface area contributed by atoms with Gasteiger partial charge in [0.1, 0.15) is 23.7 Å². The molecule has 4 aromatic rings. The SMILES string of the molecule is CCCc1ccc(C(=O)c2c(-c3ccc(OCCN(CC)CC)cc3)oc3ccccc23)cc1. The molecule has 0 amide bonds. The predicted octanol–water partition coefficient (Wildman–Crippen LogP) is 7.00. The lowest BCUT2D eigenvalue weighted by Crippen LogP contribution is -2.27. The number of likely N-dealkylation sites (N-methyl/N-ethyl adjacent to an activating group) is 1. The normalized spacial score (nSPS) is 11.3. The van der Waals surface area contributed by atoms with Crippen molar-refractivity contribution in [3.8, 4) is 17.1 Å². The summed E-state index contributed by atoms with van der Waals surface area (Å²) in [7, 11) is 0. The molecule has 0 saturated carbocycles. The van der Waals surface area contributed by atoms with E-state index in [0.29, 0.717) is 29.1 Å². The van der Waals surface area contributed by atoms with Crippen molar-refractivity contribution in [2.45, 2.75) is 33.6 Å². The highest BCUT2D eigenvalue weighted by molar-refractivity contribution is 6.19. The summed E-state index contributed by atoms with van der Waals surface area (Å²) in [6.45, 7) is 10.0. The topological polar surface area (TPSA) is 42.7 Å². The van der Waals surface area contributed by atoms with Crippen LogP contribution in [0.1, 0.15) is 48.7 Å². The number of aryl methyl sites for hydroxylation is 1. The van der Waals surface area contributed by atoms with Crippen molar-refractivity contribution >= 4 is 16.8 Å². The zero-order valence-corrected chi connectivity index (χ0v) is 20.3. The van der Waals surface area contributed by atoms with E-state index in [4.69, 9.17) is 9.15 Å². The van der Waals surface area contributed by atoms with Crippen molar-refractivity contribution < 1.29 is 13.9 Å². The first-order chi connectivity index (χ1) is 16.6. The molecule has 0 fully saturated rings. The number of furan rings is 1. The molecule has 0 radical (unpaired) electrons. The largest absolute Gasteiger partial charge is 0.492 e. The van der Waals surface area contributed by atoms with Crippen LogP contribution in [-0.2, 0) is 6.42 Å². The number of benzene rings is 3. The molecular weight excluding hydrogens is 422 g/mol. The van der Waals surface area contributed by atoms with Crippen LogP contribution in [0.25, 0.3) is 22.3 Å². The lowest BCUT2D eigenvalue weighted by molar-refractivity contribution is 0.104. The van der Waals surface area contributed by atoms with Gasteiger partial charge in [-0.3, -0.25) is 4.79 Å². The van der Waals surface area contributed by atoms with Crippen LogP contribution < -0.4 is 4.74 Å². The fraction of sp³-hybridized carbons (Fsp3) is 0.300. The summed E-state index contributed by atoms with van der Waals surface area (Å²) in [5, 5.41) is 0.833. The van der Waals surface area contributed by atoms with Crippen molar-refractivity contribution in [1.82, 2.24) is 4.90 Å². The molecule has 176 valence electrons. The minimum atomic E-state index is -0.0254. The third-order valence-corrected chi connectivity index (χ3v) is 6.26. The second-order valence-corrected chi connectivity index (χ2v) is 8.48. The van der Waals surface area contributed by atoms with Gasteiger partial charge in [0, 0.05) is 23.1 Å². The van der Waals surface area contributed by atoms with E-state index in [1.165, 1.54) is 5.56 Å². The number of nitrogens with zero attached hydrogens (tertiary/aromatic N) is 1. The quantitative estimate of drug-likeness (QED) is 0.228. The first-order valence-corrected chi connectivity index (χ1v) is 12.2. The Morgan fingerprint density at radius 3 is 2.26 bits per heavy atom. The highest BCUT2D eigenvalue weighted by Gasteiger charge is 2.23. The molecule has 4 heteroatoms. The molecule has 0 saturated heterocycles. The molecule has 0 N–H and O–H groups in total. The number of hydrogen-bond donors (Lipinski definition) is 0. The summed E-state index contributed by atoms with van der Waals surface area (Å²) >= 11 is 0. The molecule has 3 aromatic carbocycles. The Kier molecular flexibility index (Phi) is 7.81. The first-order valence-electron chi connectivity index (χ1n) is 12.2. The van der Waals surface area contributed by atoms with E-state index in [0.717, 1.165) is 49.2 Å². The average molecular weight is 456 g/mol. The fourth-order valence-electron chi connectivity index (χ4n) is 4.26. The van der Waals surface area contributed by atoms with Crippen molar-refractivity contribution in [3.05, 3.63) is 89.5 Å². The van der Waals surface area contributed by atoms with Crippen molar-refractivity contribution in [2.24, 2.45) is 0 Å². The summed E-state index contributed by atoms with van der Waals surface area (Å²) in [5.74, 6) is 1.38. The second-order valence-electron chi connectivity index (χ2n) is 8.48. The van der Waals surface area contributed by atoms with Crippen LogP contribution in [0.15, 0.2) is 77.2 Å². The summed E-state index contributed by atoms with van der Waals surface area (Å²) in [6.07, 6.45) is 2.09. The predicted molar refractivity (Wildman–Crippen MR) is 139 cm³/mol. The molecule has 0 spiro atoms. The van der Waals surface area contributed by atoms with Gasteiger partial charge in [0.2, 0.25) is 0 Å². The number of para-hydroxylation sites is 1. The van der Waals surface area contributed by atoms with E-state index in [1.807, 2.05) is 72.8 Å². The number of carbonyl (C=O) groups is 1. The van der Waals surface area contributed by atoms with Crippen LogP contribution >= 0.6 is 0 Å². The number of fused-ring (bicyclic) bond motifs is 1. The molecule has 0 aliphatic rings. The van der Waals surface area contributed by atoms with Gasteiger partial charge in [-0.25, -0.2) is 0 Å². The summed E-state index contributed by atoms with van der Waals surface area (Å²) in [4.78, 5) is 16.0. The molecule has 0 aliphatic heterocycles. The highest BCUT2D eigenvalue weighted by Crippen LogP contribution is 2.36. The lowest BCUT2D eigenvalue weighted by Gasteiger charge is -2.18. The molecule has 4 rings (SSSR count). The minimum Gasteiger partial charge on any atom is -0.492 e. The smallest absolute Gasteiger partial charge is 0.197 e.